The molecule has 0 aliphatic heterocycles. The predicted molar refractivity (Wildman–Crippen MR) is 120 cm³/mol. The molecule has 0 bridgehead atoms. The van der Waals surface area contributed by atoms with Crippen LogP contribution in [0.25, 0.3) is 22.8 Å². The van der Waals surface area contributed by atoms with Gasteiger partial charge in [0.1, 0.15) is 23.2 Å². The Hall–Kier alpha value is -4.15. The van der Waals surface area contributed by atoms with Crippen LogP contribution in [0.5, 0.6) is 0 Å². The summed E-state index contributed by atoms with van der Waals surface area (Å²) in [5.74, 6) is -1.53. The molecule has 0 saturated carbocycles. The number of nitrogens with zero attached hydrogens (tertiary/aromatic N) is 4. The molecule has 4 aromatic rings. The maximum Gasteiger partial charge on any atom is 0.314 e. The number of carbonyl (C=O) groups is 1. The van der Waals surface area contributed by atoms with E-state index in [4.69, 9.17) is 8.83 Å². The lowest BCUT2D eigenvalue weighted by Gasteiger charge is -2.25. The van der Waals surface area contributed by atoms with Gasteiger partial charge in [-0.25, -0.2) is 8.78 Å². The van der Waals surface area contributed by atoms with E-state index >= 15 is 4.39 Å². The van der Waals surface area contributed by atoms with Crippen molar-refractivity contribution >= 4 is 17.8 Å². The summed E-state index contributed by atoms with van der Waals surface area (Å²) in [5.41, 5.74) is 1.14. The Labute approximate surface area is 197 Å². The topological polar surface area (TPSA) is 75.6 Å². The van der Waals surface area contributed by atoms with Crippen LogP contribution in [0.1, 0.15) is 23.6 Å². The van der Waals surface area contributed by atoms with Gasteiger partial charge in [0.15, 0.2) is 0 Å². The molecule has 1 amide bonds. The maximum atomic E-state index is 15.0. The summed E-state index contributed by atoms with van der Waals surface area (Å²) in [5, 5.41) is 6.71. The second-order valence-corrected chi connectivity index (χ2v) is 7.91. The van der Waals surface area contributed by atoms with Gasteiger partial charge in [-0.05, 0) is 37.3 Å². The minimum absolute atomic E-state index is 0.0985. The number of carbonyl (C=O) groups excluding carboxylic acids is 1. The van der Waals surface area contributed by atoms with Gasteiger partial charge in [-0.3, -0.25) is 4.79 Å². The van der Waals surface area contributed by atoms with Gasteiger partial charge < -0.3 is 18.6 Å². The number of aromatic nitrogens is 2. The molecule has 0 aliphatic carbocycles. The third-order valence-electron chi connectivity index (χ3n) is 5.26. The van der Waals surface area contributed by atoms with Gasteiger partial charge in [0, 0.05) is 31.3 Å². The van der Waals surface area contributed by atoms with Crippen molar-refractivity contribution in [2.45, 2.75) is 19.9 Å². The van der Waals surface area contributed by atoms with Crippen LogP contribution < -0.4 is 9.80 Å². The smallest absolute Gasteiger partial charge is 0.314 e. The van der Waals surface area contributed by atoms with Crippen LogP contribution in [-0.4, -0.2) is 30.7 Å². The maximum absolute atomic E-state index is 15.0. The second-order valence-electron chi connectivity index (χ2n) is 7.91. The molecule has 0 N–H and O–H groups in total. The van der Waals surface area contributed by atoms with Crippen LogP contribution in [0.3, 0.4) is 0 Å². The molecule has 0 aliphatic rings. The first-order valence-electron chi connectivity index (χ1n) is 10.4. The third kappa shape index (κ3) is 4.88. The van der Waals surface area contributed by atoms with Crippen molar-refractivity contribution in [3.8, 4) is 22.8 Å². The number of anilines is 2. The molecule has 35 heavy (non-hydrogen) atoms. The summed E-state index contributed by atoms with van der Waals surface area (Å²) >= 11 is 0. The molecule has 0 spiro atoms. The minimum atomic E-state index is -2.95. The highest BCUT2D eigenvalue weighted by Crippen LogP contribution is 2.37. The Balaban J connectivity index is 1.66. The molecule has 2 aromatic heterocycles. The summed E-state index contributed by atoms with van der Waals surface area (Å²) in [6.45, 7) is 1.52. The number of benzene rings is 2. The van der Waals surface area contributed by atoms with E-state index in [9.17, 15) is 18.0 Å². The normalized spacial score (nSPS) is 11.2. The van der Waals surface area contributed by atoms with Crippen molar-refractivity contribution in [2.75, 3.05) is 23.9 Å². The first-order chi connectivity index (χ1) is 16.7. The Kier molecular flexibility index (Phi) is 6.59. The largest absolute Gasteiger partial charge is 0.461 e. The van der Waals surface area contributed by atoms with Gasteiger partial charge in [0.2, 0.25) is 12.3 Å². The fraction of sp³-hybridized carbons (Fsp3) is 0.208. The molecule has 11 heteroatoms. The SMILES string of the molecule is Cc1ccc(-c2cc(N(C)C)c(N(C=O)Cc3ccc(-c4nnc(C(F)F)o4)cc3F)cc2F)o1. The molecule has 0 atom stereocenters. The molecule has 4 rings (SSSR count). The van der Waals surface area contributed by atoms with Gasteiger partial charge >= 0.3 is 6.43 Å². The van der Waals surface area contributed by atoms with E-state index in [0.29, 0.717) is 23.6 Å². The van der Waals surface area contributed by atoms with Crippen molar-refractivity contribution in [1.29, 1.82) is 0 Å². The van der Waals surface area contributed by atoms with E-state index in [1.165, 1.54) is 18.2 Å². The Morgan fingerprint density at radius 1 is 0.971 bits per heavy atom. The molecule has 0 saturated heterocycles. The number of amides is 1. The summed E-state index contributed by atoms with van der Waals surface area (Å²) in [6, 6.07) is 9.90. The predicted octanol–water partition coefficient (Wildman–Crippen LogP) is 5.75. The van der Waals surface area contributed by atoms with E-state index in [0.717, 1.165) is 11.0 Å². The standard InChI is InChI=1S/C24H20F4N4O3/c1-13-4-7-21(34-13)16-9-19(31(2)3)20(10-18(16)26)32(12-33)11-15-6-5-14(8-17(15)25)23-29-30-24(35-23)22(27)28/h4-10,12,22H,11H2,1-3H3. The highest BCUT2D eigenvalue weighted by atomic mass is 19.3. The van der Waals surface area contributed by atoms with E-state index in [1.807, 2.05) is 0 Å². The first-order valence-corrected chi connectivity index (χ1v) is 10.4. The zero-order valence-electron chi connectivity index (χ0n) is 18.9. The molecule has 0 fully saturated rings. The lowest BCUT2D eigenvalue weighted by molar-refractivity contribution is -0.107. The van der Waals surface area contributed by atoms with Gasteiger partial charge in [-0.1, -0.05) is 6.07 Å². The van der Waals surface area contributed by atoms with Crippen molar-refractivity contribution in [3.05, 3.63) is 71.3 Å². The summed E-state index contributed by atoms with van der Waals surface area (Å²) in [6.07, 6.45) is -2.48. The van der Waals surface area contributed by atoms with Crippen LogP contribution in [0.4, 0.5) is 28.9 Å². The average molecular weight is 488 g/mol. The highest BCUT2D eigenvalue weighted by Gasteiger charge is 2.21. The van der Waals surface area contributed by atoms with Crippen LogP contribution in [-0.2, 0) is 11.3 Å². The number of halogens is 4. The average Bonchev–Trinajstić information content (AvgIpc) is 3.47. The molecule has 2 aromatic carbocycles. The van der Waals surface area contributed by atoms with Crippen LogP contribution in [0.2, 0.25) is 0 Å². The van der Waals surface area contributed by atoms with Crippen molar-refractivity contribution in [3.63, 3.8) is 0 Å². The lowest BCUT2D eigenvalue weighted by atomic mass is 10.1. The van der Waals surface area contributed by atoms with E-state index in [1.54, 1.807) is 44.1 Å². The molecule has 0 unspecified atom stereocenters. The first kappa shape index (κ1) is 24.0. The zero-order chi connectivity index (χ0) is 25.3. The number of alkyl halides is 2. The quantitative estimate of drug-likeness (QED) is 0.232. The number of hydrogen-bond donors (Lipinski definition) is 0. The Morgan fingerprint density at radius 2 is 1.74 bits per heavy atom. The molecular weight excluding hydrogens is 468 g/mol. The van der Waals surface area contributed by atoms with Gasteiger partial charge in [-0.2, -0.15) is 8.78 Å². The number of hydrogen-bond acceptors (Lipinski definition) is 6. The monoisotopic (exact) mass is 488 g/mol. The molecule has 182 valence electrons. The zero-order valence-corrected chi connectivity index (χ0v) is 18.9. The lowest BCUT2D eigenvalue weighted by Crippen LogP contribution is -2.24. The number of furan rings is 1. The fourth-order valence-electron chi connectivity index (χ4n) is 3.52. The number of rotatable bonds is 8. The van der Waals surface area contributed by atoms with Crippen LogP contribution in [0, 0.1) is 18.6 Å². The molecule has 7 nitrogen and oxygen atoms in total. The van der Waals surface area contributed by atoms with E-state index in [2.05, 4.69) is 10.2 Å². The second kappa shape index (κ2) is 9.61. The minimum Gasteiger partial charge on any atom is -0.461 e. The van der Waals surface area contributed by atoms with Gasteiger partial charge in [0.25, 0.3) is 5.89 Å². The summed E-state index contributed by atoms with van der Waals surface area (Å²) in [7, 11) is 3.45. The molecule has 0 radical (unpaired) electrons. The van der Waals surface area contributed by atoms with Gasteiger partial charge in [0.05, 0.1) is 23.5 Å². The number of aryl methyl sites for hydroxylation is 1. The highest BCUT2D eigenvalue weighted by molar-refractivity contribution is 5.86. The van der Waals surface area contributed by atoms with Crippen LogP contribution >= 0.6 is 0 Å². The molecular formula is C24H20F4N4O3. The molecule has 2 heterocycles. The van der Waals surface area contributed by atoms with Crippen molar-refractivity contribution < 1.29 is 31.2 Å². The third-order valence-corrected chi connectivity index (χ3v) is 5.26. The van der Waals surface area contributed by atoms with Crippen LogP contribution in [0.15, 0.2) is 51.3 Å². The summed E-state index contributed by atoms with van der Waals surface area (Å²) in [4.78, 5) is 14.8. The Morgan fingerprint density at radius 3 is 2.31 bits per heavy atom. The van der Waals surface area contributed by atoms with Crippen molar-refractivity contribution in [2.24, 2.45) is 0 Å². The van der Waals surface area contributed by atoms with Gasteiger partial charge in [-0.15, -0.1) is 10.2 Å². The fourth-order valence-corrected chi connectivity index (χ4v) is 3.52. The Bertz CT molecular complexity index is 1370. The summed E-state index contributed by atoms with van der Waals surface area (Å²) < 4.78 is 65.6. The van der Waals surface area contributed by atoms with E-state index < -0.39 is 24.0 Å². The van der Waals surface area contributed by atoms with Crippen molar-refractivity contribution in [1.82, 2.24) is 10.2 Å². The van der Waals surface area contributed by atoms with E-state index in [-0.39, 0.29) is 34.8 Å².